The van der Waals surface area contributed by atoms with E-state index in [4.69, 9.17) is 0 Å². The van der Waals surface area contributed by atoms with Crippen molar-refractivity contribution in [2.75, 3.05) is 18.0 Å². The fourth-order valence-corrected chi connectivity index (χ4v) is 2.61. The molecule has 1 saturated heterocycles. The molecule has 0 aliphatic carbocycles. The Hall–Kier alpha value is -1.49. The monoisotopic (exact) mass is 305 g/mol. The van der Waals surface area contributed by atoms with Crippen molar-refractivity contribution in [3.8, 4) is 0 Å². The Morgan fingerprint density at radius 1 is 1.33 bits per heavy atom. The number of Topliss-reactive ketones (excluding diaryl/α,β-unsaturated/α-hetero) is 1. The molecule has 4 nitrogen and oxygen atoms in total. The first-order valence-corrected chi connectivity index (χ1v) is 6.70. The smallest absolute Gasteiger partial charge is 0.152 e. The lowest BCUT2D eigenvalue weighted by atomic mass is 10.1. The Morgan fingerprint density at radius 2 is 2.22 bits per heavy atom. The normalized spacial score (nSPS) is 16.3. The maximum atomic E-state index is 11.6. The fraction of sp³-hybridized carbons (Fsp3) is 0.308. The second-order valence-corrected chi connectivity index (χ2v) is 5.33. The first-order chi connectivity index (χ1) is 8.74. The zero-order chi connectivity index (χ0) is 12.5. The van der Waals surface area contributed by atoms with E-state index in [-0.39, 0.29) is 0 Å². The van der Waals surface area contributed by atoms with Crippen molar-refractivity contribution >= 4 is 38.4 Å². The van der Waals surface area contributed by atoms with Crippen LogP contribution in [0.25, 0.3) is 11.0 Å². The summed E-state index contributed by atoms with van der Waals surface area (Å²) in [6.45, 7) is 1.39. The van der Waals surface area contributed by atoms with Crippen LogP contribution in [-0.2, 0) is 4.79 Å². The van der Waals surface area contributed by atoms with Crippen molar-refractivity contribution < 1.29 is 4.79 Å². The van der Waals surface area contributed by atoms with Gasteiger partial charge in [-0.15, -0.1) is 0 Å². The van der Waals surface area contributed by atoms with Crippen molar-refractivity contribution in [1.29, 1.82) is 0 Å². The molecule has 0 spiro atoms. The highest BCUT2D eigenvalue weighted by Crippen LogP contribution is 2.26. The highest BCUT2D eigenvalue weighted by Gasteiger charge is 2.19. The van der Waals surface area contributed by atoms with E-state index >= 15 is 0 Å². The molecule has 3 heterocycles. The van der Waals surface area contributed by atoms with Crippen molar-refractivity contribution in [3.05, 3.63) is 29.0 Å². The maximum Gasteiger partial charge on any atom is 0.152 e. The van der Waals surface area contributed by atoms with Gasteiger partial charge in [-0.05, 0) is 34.5 Å². The van der Waals surface area contributed by atoms with Crippen LogP contribution in [-0.4, -0.2) is 28.8 Å². The van der Waals surface area contributed by atoms with Gasteiger partial charge >= 0.3 is 0 Å². The van der Waals surface area contributed by atoms with Crippen LogP contribution < -0.4 is 4.90 Å². The number of halogens is 1. The summed E-state index contributed by atoms with van der Waals surface area (Å²) in [5.41, 5.74) is 2.70. The van der Waals surface area contributed by atoms with E-state index in [1.165, 1.54) is 0 Å². The average Bonchev–Trinajstić information content (AvgIpc) is 2.37. The molecule has 0 N–H and O–H groups in total. The quantitative estimate of drug-likeness (QED) is 0.812. The average molecular weight is 306 g/mol. The molecule has 0 atom stereocenters. The summed E-state index contributed by atoms with van der Waals surface area (Å²) in [6, 6.07) is 3.87. The molecule has 5 heteroatoms. The van der Waals surface area contributed by atoms with E-state index in [9.17, 15) is 4.79 Å². The van der Waals surface area contributed by atoms with Crippen LogP contribution in [0.3, 0.4) is 0 Å². The number of hydrogen-bond acceptors (Lipinski definition) is 4. The Labute approximate surface area is 113 Å². The molecule has 3 rings (SSSR count). The molecule has 18 heavy (non-hydrogen) atoms. The lowest BCUT2D eigenvalue weighted by molar-refractivity contribution is -0.118. The number of aromatic nitrogens is 2. The summed E-state index contributed by atoms with van der Waals surface area (Å²) in [7, 11) is 0. The Balaban J connectivity index is 2.08. The third-order valence-corrected chi connectivity index (χ3v) is 3.55. The molecule has 1 fully saturated rings. The molecule has 0 saturated carbocycles. The van der Waals surface area contributed by atoms with Gasteiger partial charge in [0, 0.05) is 29.8 Å². The minimum absolute atomic E-state index is 0.295. The molecule has 0 aromatic carbocycles. The Kier molecular flexibility index (Phi) is 2.99. The van der Waals surface area contributed by atoms with Crippen molar-refractivity contribution in [2.24, 2.45) is 0 Å². The molecule has 0 bridgehead atoms. The van der Waals surface area contributed by atoms with Gasteiger partial charge in [-0.25, -0.2) is 0 Å². The first-order valence-electron chi connectivity index (χ1n) is 5.91. The maximum absolute atomic E-state index is 11.6. The summed E-state index contributed by atoms with van der Waals surface area (Å²) in [6.07, 6.45) is 5.14. The van der Waals surface area contributed by atoms with Crippen molar-refractivity contribution in [1.82, 2.24) is 9.97 Å². The highest BCUT2D eigenvalue weighted by molar-refractivity contribution is 9.10. The number of nitrogens with zero attached hydrogens (tertiary/aromatic N) is 3. The van der Waals surface area contributed by atoms with Crippen LogP contribution in [0.1, 0.15) is 12.8 Å². The molecule has 2 aromatic rings. The summed E-state index contributed by atoms with van der Waals surface area (Å²) in [5, 5.41) is 0. The van der Waals surface area contributed by atoms with E-state index in [0.717, 1.165) is 34.2 Å². The predicted molar refractivity (Wildman–Crippen MR) is 73.7 cm³/mol. The second-order valence-electron chi connectivity index (χ2n) is 4.42. The highest BCUT2D eigenvalue weighted by atomic mass is 79.9. The molecular weight excluding hydrogens is 294 g/mol. The molecule has 0 amide bonds. The number of ketones is 1. The van der Waals surface area contributed by atoms with E-state index < -0.39 is 0 Å². The minimum atomic E-state index is 0.295. The van der Waals surface area contributed by atoms with Gasteiger partial charge in [0.1, 0.15) is 5.52 Å². The zero-order valence-electron chi connectivity index (χ0n) is 9.77. The molecule has 1 aliphatic rings. The standard InChI is InChI=1S/C13H12BrN3O/c14-9-6-11-13(16-7-9)12(3-4-15-11)17-5-1-2-10(18)8-17/h3-4,6-7H,1-2,5,8H2. The Morgan fingerprint density at radius 3 is 3.06 bits per heavy atom. The third kappa shape index (κ3) is 2.10. The minimum Gasteiger partial charge on any atom is -0.362 e. The molecule has 0 radical (unpaired) electrons. The van der Waals surface area contributed by atoms with Crippen LogP contribution in [0.4, 0.5) is 5.69 Å². The van der Waals surface area contributed by atoms with E-state index in [1.54, 1.807) is 12.4 Å². The van der Waals surface area contributed by atoms with Crippen LogP contribution in [0.5, 0.6) is 0 Å². The summed E-state index contributed by atoms with van der Waals surface area (Å²) in [4.78, 5) is 22.4. The van der Waals surface area contributed by atoms with Crippen LogP contribution >= 0.6 is 15.9 Å². The number of hydrogen-bond donors (Lipinski definition) is 0. The van der Waals surface area contributed by atoms with Gasteiger partial charge in [0.15, 0.2) is 5.78 Å². The Bertz CT molecular complexity index is 614. The number of carbonyl (C=O) groups is 1. The lowest BCUT2D eigenvalue weighted by Crippen LogP contribution is -2.35. The molecule has 0 unspecified atom stereocenters. The van der Waals surface area contributed by atoms with Gasteiger partial charge in [0.05, 0.1) is 17.7 Å². The number of carbonyl (C=O) groups excluding carboxylic acids is 1. The fourth-order valence-electron chi connectivity index (χ4n) is 2.29. The van der Waals surface area contributed by atoms with E-state index in [1.807, 2.05) is 12.1 Å². The van der Waals surface area contributed by atoms with Gasteiger partial charge in [-0.3, -0.25) is 14.8 Å². The van der Waals surface area contributed by atoms with Gasteiger partial charge in [0.25, 0.3) is 0 Å². The zero-order valence-corrected chi connectivity index (χ0v) is 11.4. The summed E-state index contributed by atoms with van der Waals surface area (Å²) >= 11 is 3.39. The predicted octanol–water partition coefficient (Wildman–Crippen LogP) is 2.56. The molecule has 2 aromatic heterocycles. The van der Waals surface area contributed by atoms with Crippen LogP contribution in [0, 0.1) is 0 Å². The topological polar surface area (TPSA) is 46.1 Å². The van der Waals surface area contributed by atoms with Gasteiger partial charge in [0.2, 0.25) is 0 Å². The summed E-state index contributed by atoms with van der Waals surface area (Å²) < 4.78 is 0.911. The lowest BCUT2D eigenvalue weighted by Gasteiger charge is -2.28. The second kappa shape index (κ2) is 4.65. The van der Waals surface area contributed by atoms with Gasteiger partial charge in [-0.1, -0.05) is 0 Å². The molecular formula is C13H12BrN3O. The SMILES string of the molecule is O=C1CCCN(c2ccnc3cc(Br)cnc23)C1. The van der Waals surface area contributed by atoms with E-state index in [2.05, 4.69) is 30.8 Å². The number of anilines is 1. The molecule has 1 aliphatic heterocycles. The summed E-state index contributed by atoms with van der Waals surface area (Å²) in [5.74, 6) is 0.295. The number of piperidine rings is 1. The number of fused-ring (bicyclic) bond motifs is 1. The van der Waals surface area contributed by atoms with Crippen LogP contribution in [0.2, 0.25) is 0 Å². The largest absolute Gasteiger partial charge is 0.362 e. The van der Waals surface area contributed by atoms with Crippen LogP contribution in [0.15, 0.2) is 29.0 Å². The number of rotatable bonds is 1. The molecule has 92 valence electrons. The number of pyridine rings is 2. The van der Waals surface area contributed by atoms with E-state index in [0.29, 0.717) is 18.7 Å². The van der Waals surface area contributed by atoms with Crippen molar-refractivity contribution in [2.45, 2.75) is 12.8 Å². The van der Waals surface area contributed by atoms with Gasteiger partial charge in [-0.2, -0.15) is 0 Å². The van der Waals surface area contributed by atoms with Crippen molar-refractivity contribution in [3.63, 3.8) is 0 Å². The third-order valence-electron chi connectivity index (χ3n) is 3.11. The first kappa shape index (κ1) is 11.6. The van der Waals surface area contributed by atoms with Gasteiger partial charge < -0.3 is 4.90 Å².